The van der Waals surface area contributed by atoms with Crippen LogP contribution in [0.2, 0.25) is 0 Å². The van der Waals surface area contributed by atoms with Gasteiger partial charge in [-0.15, -0.1) is 0 Å². The third-order valence-electron chi connectivity index (χ3n) is 2.16. The largest absolute Gasteiger partial charge is 0.383 e. The van der Waals surface area contributed by atoms with Crippen molar-refractivity contribution in [1.29, 1.82) is 0 Å². The molecule has 0 radical (unpaired) electrons. The molecule has 0 saturated carbocycles. The Morgan fingerprint density at radius 3 is 2.64 bits per heavy atom. The summed E-state index contributed by atoms with van der Waals surface area (Å²) in [6.07, 6.45) is 0. The van der Waals surface area contributed by atoms with Crippen LogP contribution in [0.3, 0.4) is 0 Å². The zero-order valence-corrected chi connectivity index (χ0v) is 8.50. The van der Waals surface area contributed by atoms with Crippen LogP contribution in [0.4, 0.5) is 5.82 Å². The van der Waals surface area contributed by atoms with E-state index in [0.717, 1.165) is 16.9 Å². The first-order valence-electron chi connectivity index (χ1n) is 4.57. The number of fused-ring (bicyclic) bond motifs is 1. The van der Waals surface area contributed by atoms with Crippen LogP contribution < -0.4 is 5.73 Å². The second-order valence-electron chi connectivity index (χ2n) is 3.66. The molecule has 0 spiro atoms. The SMILES string of the molecule is Cc1nc(C(C)C)nc2n[nH]c(N)c12. The molecule has 0 aliphatic rings. The maximum absolute atomic E-state index is 5.71. The van der Waals surface area contributed by atoms with Crippen LogP contribution in [0.5, 0.6) is 0 Å². The molecule has 0 atom stereocenters. The first kappa shape index (κ1) is 8.93. The molecule has 2 heterocycles. The molecule has 2 rings (SSSR count). The van der Waals surface area contributed by atoms with Gasteiger partial charge in [-0.3, -0.25) is 5.10 Å². The number of aryl methyl sites for hydroxylation is 1. The molecule has 0 unspecified atom stereocenters. The minimum Gasteiger partial charge on any atom is -0.383 e. The minimum absolute atomic E-state index is 0.302. The predicted molar refractivity (Wildman–Crippen MR) is 54.9 cm³/mol. The van der Waals surface area contributed by atoms with Crippen molar-refractivity contribution in [2.45, 2.75) is 26.7 Å². The number of aromatic amines is 1. The zero-order chi connectivity index (χ0) is 10.3. The number of H-pyrrole nitrogens is 1. The molecule has 2 aromatic rings. The van der Waals surface area contributed by atoms with Gasteiger partial charge in [-0.25, -0.2) is 9.97 Å². The van der Waals surface area contributed by atoms with Crippen LogP contribution in [0.1, 0.15) is 31.3 Å². The molecule has 5 nitrogen and oxygen atoms in total. The highest BCUT2D eigenvalue weighted by molar-refractivity contribution is 5.87. The molecule has 0 amide bonds. The molecule has 74 valence electrons. The topological polar surface area (TPSA) is 80.5 Å². The van der Waals surface area contributed by atoms with Gasteiger partial charge in [0.2, 0.25) is 0 Å². The average Bonchev–Trinajstić information content (AvgIpc) is 2.48. The van der Waals surface area contributed by atoms with Crippen LogP contribution in [-0.4, -0.2) is 20.2 Å². The maximum Gasteiger partial charge on any atom is 0.186 e. The summed E-state index contributed by atoms with van der Waals surface area (Å²) in [7, 11) is 0. The van der Waals surface area contributed by atoms with Crippen LogP contribution in [0.25, 0.3) is 11.0 Å². The molecule has 0 fully saturated rings. The Morgan fingerprint density at radius 1 is 1.29 bits per heavy atom. The van der Waals surface area contributed by atoms with Gasteiger partial charge in [-0.2, -0.15) is 5.10 Å². The predicted octanol–water partition coefficient (Wildman–Crippen LogP) is 1.37. The fraction of sp³-hybridized carbons (Fsp3) is 0.444. The van der Waals surface area contributed by atoms with Gasteiger partial charge in [0.25, 0.3) is 0 Å². The summed E-state index contributed by atoms with van der Waals surface area (Å²) < 4.78 is 0. The number of nitrogens with one attached hydrogen (secondary N) is 1. The Morgan fingerprint density at radius 2 is 2.00 bits per heavy atom. The third-order valence-corrected chi connectivity index (χ3v) is 2.16. The number of aromatic nitrogens is 4. The lowest BCUT2D eigenvalue weighted by Gasteiger charge is -2.04. The van der Waals surface area contributed by atoms with Crippen LogP contribution in [-0.2, 0) is 0 Å². The fourth-order valence-electron chi connectivity index (χ4n) is 1.40. The number of rotatable bonds is 1. The molecule has 0 aliphatic heterocycles. The fourth-order valence-corrected chi connectivity index (χ4v) is 1.40. The molecule has 5 heteroatoms. The molecular weight excluding hydrogens is 178 g/mol. The lowest BCUT2D eigenvalue weighted by molar-refractivity contribution is 0.774. The molecule has 3 N–H and O–H groups in total. The first-order valence-corrected chi connectivity index (χ1v) is 4.57. The van der Waals surface area contributed by atoms with E-state index in [-0.39, 0.29) is 0 Å². The van der Waals surface area contributed by atoms with E-state index in [0.29, 0.717) is 17.4 Å². The van der Waals surface area contributed by atoms with Crippen molar-refractivity contribution < 1.29 is 0 Å². The van der Waals surface area contributed by atoms with E-state index in [4.69, 9.17) is 5.73 Å². The summed E-state index contributed by atoms with van der Waals surface area (Å²) in [6, 6.07) is 0. The summed E-state index contributed by atoms with van der Waals surface area (Å²) in [4.78, 5) is 8.71. The van der Waals surface area contributed by atoms with E-state index in [9.17, 15) is 0 Å². The van der Waals surface area contributed by atoms with E-state index < -0.39 is 0 Å². The van der Waals surface area contributed by atoms with Gasteiger partial charge in [0.05, 0.1) is 11.1 Å². The summed E-state index contributed by atoms with van der Waals surface area (Å²) in [5.74, 6) is 1.64. The van der Waals surface area contributed by atoms with Crippen molar-refractivity contribution >= 4 is 16.9 Å². The number of nitrogen functional groups attached to an aromatic ring is 1. The summed E-state index contributed by atoms with van der Waals surface area (Å²) in [5, 5.41) is 7.56. The smallest absolute Gasteiger partial charge is 0.186 e. The third kappa shape index (κ3) is 1.21. The Labute approximate surface area is 81.7 Å². The van der Waals surface area contributed by atoms with Gasteiger partial charge in [-0.05, 0) is 6.92 Å². The normalized spacial score (nSPS) is 11.4. The minimum atomic E-state index is 0.302. The zero-order valence-electron chi connectivity index (χ0n) is 8.50. The lowest BCUT2D eigenvalue weighted by atomic mass is 10.2. The standard InChI is InChI=1S/C9H13N5/c1-4(2)8-11-5(3)6-7(10)13-14-9(6)12-8/h4H,1-3H3,(H3,10,11,12,13,14). The van der Waals surface area contributed by atoms with Crippen molar-refractivity contribution in [2.24, 2.45) is 0 Å². The second-order valence-corrected chi connectivity index (χ2v) is 3.66. The van der Waals surface area contributed by atoms with E-state index in [1.54, 1.807) is 0 Å². The molecular formula is C9H13N5. The van der Waals surface area contributed by atoms with Crippen LogP contribution in [0.15, 0.2) is 0 Å². The second kappa shape index (κ2) is 2.94. The Kier molecular flexibility index (Phi) is 1.87. The Hall–Kier alpha value is -1.65. The number of hydrogen-bond donors (Lipinski definition) is 2. The van der Waals surface area contributed by atoms with Crippen LogP contribution in [0, 0.1) is 6.92 Å². The van der Waals surface area contributed by atoms with Crippen LogP contribution >= 0.6 is 0 Å². The number of nitrogens with zero attached hydrogens (tertiary/aromatic N) is 3. The molecule has 0 saturated heterocycles. The summed E-state index contributed by atoms with van der Waals surface area (Å²) in [5.41, 5.74) is 7.24. The summed E-state index contributed by atoms with van der Waals surface area (Å²) >= 11 is 0. The van der Waals surface area contributed by atoms with Gasteiger partial charge in [-0.1, -0.05) is 13.8 Å². The highest BCUT2D eigenvalue weighted by atomic mass is 15.2. The molecule has 0 bridgehead atoms. The molecule has 0 aromatic carbocycles. The molecule has 0 aliphatic carbocycles. The quantitative estimate of drug-likeness (QED) is 0.713. The van der Waals surface area contributed by atoms with Crippen molar-refractivity contribution in [3.8, 4) is 0 Å². The van der Waals surface area contributed by atoms with Gasteiger partial charge in [0.15, 0.2) is 5.65 Å². The maximum atomic E-state index is 5.71. The molecule has 2 aromatic heterocycles. The van der Waals surface area contributed by atoms with Crippen molar-refractivity contribution in [3.63, 3.8) is 0 Å². The van der Waals surface area contributed by atoms with Gasteiger partial charge >= 0.3 is 0 Å². The number of hydrogen-bond acceptors (Lipinski definition) is 4. The van der Waals surface area contributed by atoms with Crippen molar-refractivity contribution in [3.05, 3.63) is 11.5 Å². The Balaban J connectivity index is 2.74. The highest BCUT2D eigenvalue weighted by Crippen LogP contribution is 2.21. The van der Waals surface area contributed by atoms with E-state index in [1.165, 1.54) is 0 Å². The van der Waals surface area contributed by atoms with Gasteiger partial charge < -0.3 is 5.73 Å². The van der Waals surface area contributed by atoms with Gasteiger partial charge in [0, 0.05) is 5.92 Å². The van der Waals surface area contributed by atoms with E-state index in [2.05, 4.69) is 34.0 Å². The van der Waals surface area contributed by atoms with Crippen molar-refractivity contribution in [1.82, 2.24) is 20.2 Å². The molecule has 14 heavy (non-hydrogen) atoms. The summed E-state index contributed by atoms with van der Waals surface area (Å²) in [6.45, 7) is 6.02. The van der Waals surface area contributed by atoms with E-state index in [1.807, 2.05) is 6.92 Å². The number of nitrogens with two attached hydrogens (primary N) is 1. The monoisotopic (exact) mass is 191 g/mol. The lowest BCUT2D eigenvalue weighted by Crippen LogP contribution is -2.00. The Bertz CT molecular complexity index is 471. The van der Waals surface area contributed by atoms with E-state index >= 15 is 0 Å². The number of anilines is 1. The highest BCUT2D eigenvalue weighted by Gasteiger charge is 2.11. The van der Waals surface area contributed by atoms with Gasteiger partial charge in [0.1, 0.15) is 11.6 Å². The van der Waals surface area contributed by atoms with Crippen molar-refractivity contribution in [2.75, 3.05) is 5.73 Å². The average molecular weight is 191 g/mol. The first-order chi connectivity index (χ1) is 6.59.